The van der Waals surface area contributed by atoms with Gasteiger partial charge in [-0.3, -0.25) is 4.57 Å². The van der Waals surface area contributed by atoms with Crippen molar-refractivity contribution in [1.82, 2.24) is 9.55 Å². The Labute approximate surface area is 190 Å². The Bertz CT molecular complexity index is 953. The first-order valence-electron chi connectivity index (χ1n) is 12.0. The maximum atomic E-state index is 12.6. The van der Waals surface area contributed by atoms with E-state index in [-0.39, 0.29) is 11.8 Å². The zero-order valence-corrected chi connectivity index (χ0v) is 19.3. The molecule has 7 nitrogen and oxygen atoms in total. The van der Waals surface area contributed by atoms with Crippen LogP contribution in [-0.4, -0.2) is 48.6 Å². The van der Waals surface area contributed by atoms with E-state index in [1.165, 1.54) is 31.2 Å². The van der Waals surface area contributed by atoms with E-state index in [9.17, 15) is 4.79 Å². The molecule has 2 aliphatic heterocycles. The zero-order valence-electron chi connectivity index (χ0n) is 19.3. The second-order valence-electron chi connectivity index (χ2n) is 8.71. The van der Waals surface area contributed by atoms with Crippen LogP contribution in [0.25, 0.3) is 11.3 Å². The Kier molecular flexibility index (Phi) is 7.81. The van der Waals surface area contributed by atoms with Gasteiger partial charge in [-0.1, -0.05) is 39.2 Å². The van der Waals surface area contributed by atoms with Gasteiger partial charge in [0.25, 0.3) is 0 Å². The van der Waals surface area contributed by atoms with Crippen LogP contribution in [0, 0.1) is 5.92 Å². The summed E-state index contributed by atoms with van der Waals surface area (Å²) in [5, 5.41) is 3.63. The van der Waals surface area contributed by atoms with Crippen molar-refractivity contribution in [1.29, 1.82) is 0 Å². The number of hydrogen-bond donors (Lipinski definition) is 1. The van der Waals surface area contributed by atoms with E-state index >= 15 is 0 Å². The monoisotopic (exact) mass is 441 g/mol. The third-order valence-corrected chi connectivity index (χ3v) is 6.41. The summed E-state index contributed by atoms with van der Waals surface area (Å²) in [5.41, 5.74) is 4.06. The Morgan fingerprint density at radius 2 is 2.19 bits per heavy atom. The molecule has 2 aromatic rings. The molecule has 0 aliphatic carbocycles. The van der Waals surface area contributed by atoms with Crippen LogP contribution in [0.5, 0.6) is 5.88 Å². The predicted octanol–water partition coefficient (Wildman–Crippen LogP) is 3.89. The Hall–Kier alpha value is -2.38. The maximum absolute atomic E-state index is 12.6. The molecule has 0 bridgehead atoms. The van der Waals surface area contributed by atoms with Crippen molar-refractivity contribution in [3.63, 3.8) is 0 Å². The van der Waals surface area contributed by atoms with Crippen molar-refractivity contribution < 1.29 is 14.2 Å². The van der Waals surface area contributed by atoms with Crippen LogP contribution in [0.2, 0.25) is 0 Å². The van der Waals surface area contributed by atoms with Gasteiger partial charge in [-0.05, 0) is 36.5 Å². The van der Waals surface area contributed by atoms with Crippen molar-refractivity contribution in [2.75, 3.05) is 38.3 Å². The molecule has 2 unspecified atom stereocenters. The molecular weight excluding hydrogens is 406 g/mol. The van der Waals surface area contributed by atoms with Gasteiger partial charge in [-0.2, -0.15) is 4.98 Å². The molecule has 0 saturated carbocycles. The molecule has 7 heteroatoms. The molecule has 0 radical (unpaired) electrons. The number of benzene rings is 1. The summed E-state index contributed by atoms with van der Waals surface area (Å²) in [6.45, 7) is 8.14. The summed E-state index contributed by atoms with van der Waals surface area (Å²) in [6.07, 6.45) is 5.69. The average Bonchev–Trinajstić information content (AvgIpc) is 2.83. The van der Waals surface area contributed by atoms with Gasteiger partial charge in [0, 0.05) is 30.4 Å². The molecule has 174 valence electrons. The van der Waals surface area contributed by atoms with Crippen LogP contribution in [0.3, 0.4) is 0 Å². The van der Waals surface area contributed by atoms with Gasteiger partial charge >= 0.3 is 5.69 Å². The highest BCUT2D eigenvalue weighted by molar-refractivity contribution is 5.69. The summed E-state index contributed by atoms with van der Waals surface area (Å²) in [4.78, 5) is 16.7. The minimum Gasteiger partial charge on any atom is -0.475 e. The number of rotatable bonds is 10. The summed E-state index contributed by atoms with van der Waals surface area (Å²) in [7, 11) is 0. The number of nitrogens with zero attached hydrogens (tertiary/aromatic N) is 2. The highest BCUT2D eigenvalue weighted by atomic mass is 16.6. The van der Waals surface area contributed by atoms with Crippen LogP contribution in [0.4, 0.5) is 5.69 Å². The normalized spacial score (nSPS) is 18.5. The summed E-state index contributed by atoms with van der Waals surface area (Å²) >= 11 is 0. The van der Waals surface area contributed by atoms with Gasteiger partial charge in [0.05, 0.1) is 25.5 Å². The molecule has 4 rings (SSSR count). The summed E-state index contributed by atoms with van der Waals surface area (Å²) in [6, 6.07) is 8.31. The molecule has 1 aromatic carbocycles. The van der Waals surface area contributed by atoms with E-state index in [0.29, 0.717) is 44.8 Å². The lowest BCUT2D eigenvalue weighted by atomic mass is 9.96. The highest BCUT2D eigenvalue weighted by Gasteiger charge is 2.21. The number of aromatic nitrogens is 2. The average molecular weight is 442 g/mol. The van der Waals surface area contributed by atoms with Gasteiger partial charge in [-0.15, -0.1) is 0 Å². The lowest BCUT2D eigenvalue weighted by molar-refractivity contribution is -0.102. The molecule has 32 heavy (non-hydrogen) atoms. The van der Waals surface area contributed by atoms with Crippen LogP contribution in [0.1, 0.15) is 45.1 Å². The zero-order chi connectivity index (χ0) is 22.3. The molecule has 2 aliphatic rings. The van der Waals surface area contributed by atoms with E-state index < -0.39 is 0 Å². The van der Waals surface area contributed by atoms with E-state index in [0.717, 1.165) is 29.9 Å². The van der Waals surface area contributed by atoms with E-state index in [1.54, 1.807) is 4.57 Å². The molecule has 1 fully saturated rings. The standard InChI is InChI=1S/C25H35N3O4/c1-3-5-6-18(4-2)15-26-20-7-8-22-19(13-20)9-10-28-23(22)14-24(27-25(28)29)32-17-21-16-30-11-12-31-21/h7-8,13-14,18,21,26H,3-6,9-12,15-17H2,1-2H3. The number of fused-ring (bicyclic) bond motifs is 3. The Morgan fingerprint density at radius 1 is 1.28 bits per heavy atom. The number of unbranched alkanes of at least 4 members (excludes halogenated alkanes) is 1. The molecule has 3 heterocycles. The summed E-state index contributed by atoms with van der Waals surface area (Å²) < 4.78 is 18.6. The first-order chi connectivity index (χ1) is 15.7. The molecule has 0 amide bonds. The van der Waals surface area contributed by atoms with Gasteiger partial charge < -0.3 is 19.5 Å². The van der Waals surface area contributed by atoms with Gasteiger partial charge in [0.15, 0.2) is 0 Å². The SMILES string of the molecule is CCCCC(CC)CNc1ccc2c(c1)CCn1c-2cc(OCC2COCCO2)nc1=O. The third-order valence-electron chi connectivity index (χ3n) is 6.41. The number of hydrogen-bond acceptors (Lipinski definition) is 6. The molecular formula is C25H35N3O4. The van der Waals surface area contributed by atoms with Crippen LogP contribution in [-0.2, 0) is 22.4 Å². The molecule has 1 aromatic heterocycles. The van der Waals surface area contributed by atoms with Crippen molar-refractivity contribution in [3.05, 3.63) is 40.3 Å². The molecule has 1 N–H and O–H groups in total. The van der Waals surface area contributed by atoms with Crippen LogP contribution >= 0.6 is 0 Å². The minimum atomic E-state index is -0.270. The largest absolute Gasteiger partial charge is 0.475 e. The predicted molar refractivity (Wildman–Crippen MR) is 125 cm³/mol. The smallest absolute Gasteiger partial charge is 0.351 e. The van der Waals surface area contributed by atoms with E-state index in [2.05, 4.69) is 42.3 Å². The first kappa shape index (κ1) is 22.8. The number of anilines is 1. The molecule has 0 spiro atoms. The fourth-order valence-electron chi connectivity index (χ4n) is 4.41. The lowest BCUT2D eigenvalue weighted by Crippen LogP contribution is -2.34. The van der Waals surface area contributed by atoms with Crippen LogP contribution in [0.15, 0.2) is 29.1 Å². The van der Waals surface area contributed by atoms with Crippen molar-refractivity contribution in [2.24, 2.45) is 5.92 Å². The Balaban J connectivity index is 1.47. The lowest BCUT2D eigenvalue weighted by Gasteiger charge is -2.24. The number of aryl methyl sites for hydroxylation is 1. The van der Waals surface area contributed by atoms with Gasteiger partial charge in [0.1, 0.15) is 12.7 Å². The molecule has 2 atom stereocenters. The van der Waals surface area contributed by atoms with E-state index in [4.69, 9.17) is 14.2 Å². The topological polar surface area (TPSA) is 74.6 Å². The first-order valence-corrected chi connectivity index (χ1v) is 12.0. The Morgan fingerprint density at radius 3 is 2.97 bits per heavy atom. The fraction of sp³-hybridized carbons (Fsp3) is 0.600. The molecule has 1 saturated heterocycles. The fourth-order valence-corrected chi connectivity index (χ4v) is 4.41. The maximum Gasteiger partial charge on any atom is 0.351 e. The van der Waals surface area contributed by atoms with E-state index in [1.807, 2.05) is 6.07 Å². The van der Waals surface area contributed by atoms with Gasteiger partial charge in [0.2, 0.25) is 5.88 Å². The second kappa shape index (κ2) is 11.0. The highest BCUT2D eigenvalue weighted by Crippen LogP contribution is 2.32. The van der Waals surface area contributed by atoms with Crippen LogP contribution < -0.4 is 15.7 Å². The number of ether oxygens (including phenoxy) is 3. The summed E-state index contributed by atoms with van der Waals surface area (Å²) in [5.74, 6) is 1.04. The van der Waals surface area contributed by atoms with Crippen molar-refractivity contribution in [3.8, 4) is 17.1 Å². The minimum absolute atomic E-state index is 0.130. The van der Waals surface area contributed by atoms with Gasteiger partial charge in [-0.25, -0.2) is 4.79 Å². The van der Waals surface area contributed by atoms with Crippen molar-refractivity contribution >= 4 is 5.69 Å². The number of nitrogens with one attached hydrogen (secondary N) is 1. The third kappa shape index (κ3) is 5.51. The quantitative estimate of drug-likeness (QED) is 0.603. The van der Waals surface area contributed by atoms with Crippen molar-refractivity contribution in [2.45, 2.75) is 58.6 Å². The second-order valence-corrected chi connectivity index (χ2v) is 8.71.